The van der Waals surface area contributed by atoms with Crippen LogP contribution in [0.4, 0.5) is 17.3 Å². The summed E-state index contributed by atoms with van der Waals surface area (Å²) in [4.78, 5) is 38.4. The fraction of sp³-hybridized carbons (Fsp3) is 0.727. The van der Waals surface area contributed by atoms with Crippen molar-refractivity contribution in [3.05, 3.63) is 0 Å². The highest BCUT2D eigenvalue weighted by atomic mass is 16.5. The first kappa shape index (κ1) is 23.1. The van der Waals surface area contributed by atoms with Crippen molar-refractivity contribution in [2.24, 2.45) is 5.92 Å². The molecule has 0 aliphatic carbocycles. The van der Waals surface area contributed by atoms with E-state index in [-0.39, 0.29) is 23.6 Å². The summed E-state index contributed by atoms with van der Waals surface area (Å²) in [5.74, 6) is 1.13. The van der Waals surface area contributed by atoms with Gasteiger partial charge in [-0.2, -0.15) is 9.97 Å². The van der Waals surface area contributed by atoms with Gasteiger partial charge in [-0.05, 0) is 18.8 Å². The van der Waals surface area contributed by atoms with E-state index in [2.05, 4.69) is 36.1 Å². The lowest BCUT2D eigenvalue weighted by molar-refractivity contribution is -0.132. The molecule has 0 saturated carbocycles. The molecule has 9 nitrogen and oxygen atoms in total. The number of hydrogen-bond acceptors (Lipinski definition) is 7. The van der Waals surface area contributed by atoms with Crippen LogP contribution in [0.3, 0.4) is 0 Å². The van der Waals surface area contributed by atoms with E-state index in [1.54, 1.807) is 0 Å². The number of nitrogen functional groups attached to an aromatic ring is 1. The first-order chi connectivity index (χ1) is 15.0. The molecule has 172 valence electrons. The number of ether oxygens (including phenoxy) is 1. The molecule has 0 bridgehead atoms. The van der Waals surface area contributed by atoms with Crippen molar-refractivity contribution in [3.8, 4) is 6.01 Å². The van der Waals surface area contributed by atoms with Crippen LogP contribution in [-0.2, 0) is 9.59 Å². The number of nitrogens with two attached hydrogens (primary N) is 1. The third-order valence-electron chi connectivity index (χ3n) is 6.14. The minimum Gasteiger partial charge on any atom is -0.463 e. The topological polar surface area (TPSA) is 114 Å². The standard InChI is InChI=1S/C22H36N6O3/c1-4-7-12-31-22-25-19(23)18-20(26-22)28-11-8-10-27(14-16(28)21(30)24-18)17(29)13-15(6-3)9-5-2/h15-16H,4-14H2,1-3H3,(H,24,30)(H2,23,25,26). The van der Waals surface area contributed by atoms with Crippen molar-refractivity contribution in [2.75, 3.05) is 42.2 Å². The number of amides is 2. The Morgan fingerprint density at radius 3 is 2.77 bits per heavy atom. The van der Waals surface area contributed by atoms with Crippen LogP contribution in [0.1, 0.15) is 65.7 Å². The molecule has 1 saturated heterocycles. The summed E-state index contributed by atoms with van der Waals surface area (Å²) in [7, 11) is 0. The van der Waals surface area contributed by atoms with Crippen LogP contribution in [-0.4, -0.2) is 59.0 Å². The lowest BCUT2D eigenvalue weighted by Gasteiger charge is -2.36. The Labute approximate surface area is 184 Å². The van der Waals surface area contributed by atoms with E-state index in [1.165, 1.54) is 0 Å². The SMILES string of the molecule is CCCCOc1nc(N)c2c(n1)N1CCCN(C(=O)CC(CC)CCC)CC1C(=O)N2. The van der Waals surface area contributed by atoms with Gasteiger partial charge in [0.2, 0.25) is 11.8 Å². The molecule has 2 aliphatic rings. The van der Waals surface area contributed by atoms with E-state index in [1.807, 2.05) is 9.80 Å². The van der Waals surface area contributed by atoms with E-state index in [0.717, 1.165) is 38.5 Å². The Balaban J connectivity index is 1.78. The molecule has 2 aliphatic heterocycles. The van der Waals surface area contributed by atoms with Crippen LogP contribution >= 0.6 is 0 Å². The van der Waals surface area contributed by atoms with Crippen molar-refractivity contribution >= 4 is 29.1 Å². The molecule has 1 fully saturated rings. The second kappa shape index (κ2) is 10.6. The Hall–Kier alpha value is -2.58. The summed E-state index contributed by atoms with van der Waals surface area (Å²) in [5, 5.41) is 2.86. The van der Waals surface area contributed by atoms with Crippen LogP contribution in [0, 0.1) is 5.92 Å². The summed E-state index contributed by atoms with van der Waals surface area (Å²) in [5.41, 5.74) is 6.54. The molecule has 3 N–H and O–H groups in total. The third-order valence-corrected chi connectivity index (χ3v) is 6.14. The number of anilines is 3. The minimum absolute atomic E-state index is 0.131. The second-order valence-corrected chi connectivity index (χ2v) is 8.45. The average Bonchev–Trinajstić information content (AvgIpc) is 2.98. The van der Waals surface area contributed by atoms with Crippen LogP contribution in [0.5, 0.6) is 6.01 Å². The molecule has 1 aromatic heterocycles. The maximum Gasteiger partial charge on any atom is 0.320 e. The van der Waals surface area contributed by atoms with Gasteiger partial charge in [-0.3, -0.25) is 9.59 Å². The van der Waals surface area contributed by atoms with Gasteiger partial charge in [-0.15, -0.1) is 0 Å². The Kier molecular flexibility index (Phi) is 7.92. The van der Waals surface area contributed by atoms with E-state index < -0.39 is 6.04 Å². The molecule has 31 heavy (non-hydrogen) atoms. The fourth-order valence-electron chi connectivity index (χ4n) is 4.28. The summed E-state index contributed by atoms with van der Waals surface area (Å²) < 4.78 is 5.66. The number of carbonyl (C=O) groups excluding carboxylic acids is 2. The molecule has 0 radical (unpaired) electrons. The van der Waals surface area contributed by atoms with Crippen molar-refractivity contribution in [1.29, 1.82) is 0 Å². The molecule has 0 aromatic carbocycles. The summed E-state index contributed by atoms with van der Waals surface area (Å²) >= 11 is 0. The molecule has 3 heterocycles. The normalized spacial score (nSPS) is 19.2. The minimum atomic E-state index is -0.497. The van der Waals surface area contributed by atoms with Gasteiger partial charge in [-0.25, -0.2) is 0 Å². The summed E-state index contributed by atoms with van der Waals surface area (Å²) in [6, 6.07) is -0.273. The third kappa shape index (κ3) is 5.37. The number of carbonyl (C=O) groups is 2. The zero-order valence-corrected chi connectivity index (χ0v) is 19.0. The number of hydrogen-bond donors (Lipinski definition) is 2. The molecule has 2 unspecified atom stereocenters. The van der Waals surface area contributed by atoms with Gasteiger partial charge in [0.1, 0.15) is 11.7 Å². The maximum atomic E-state index is 13.0. The van der Waals surface area contributed by atoms with E-state index in [4.69, 9.17) is 10.5 Å². The number of rotatable bonds is 9. The predicted octanol–water partition coefficient (Wildman–Crippen LogP) is 2.81. The number of aromatic nitrogens is 2. The number of fused-ring (bicyclic) bond motifs is 3. The summed E-state index contributed by atoms with van der Waals surface area (Å²) in [6.07, 6.45) is 6.33. The maximum absolute atomic E-state index is 13.0. The van der Waals surface area contributed by atoms with Gasteiger partial charge >= 0.3 is 6.01 Å². The van der Waals surface area contributed by atoms with Crippen LogP contribution < -0.4 is 20.7 Å². The van der Waals surface area contributed by atoms with Gasteiger partial charge in [-0.1, -0.05) is 46.5 Å². The van der Waals surface area contributed by atoms with Gasteiger partial charge in [0, 0.05) is 19.5 Å². The fourth-order valence-corrected chi connectivity index (χ4v) is 4.28. The largest absolute Gasteiger partial charge is 0.463 e. The highest BCUT2D eigenvalue weighted by molar-refractivity contribution is 6.05. The lowest BCUT2D eigenvalue weighted by atomic mass is 9.96. The number of nitrogens with one attached hydrogen (secondary N) is 1. The monoisotopic (exact) mass is 432 g/mol. The Morgan fingerprint density at radius 2 is 2.06 bits per heavy atom. The Bertz CT molecular complexity index is 787. The van der Waals surface area contributed by atoms with E-state index in [9.17, 15) is 9.59 Å². The predicted molar refractivity (Wildman–Crippen MR) is 121 cm³/mol. The number of nitrogens with zero attached hydrogens (tertiary/aromatic N) is 4. The Morgan fingerprint density at radius 1 is 1.26 bits per heavy atom. The molecule has 2 atom stereocenters. The smallest absolute Gasteiger partial charge is 0.320 e. The quantitative estimate of drug-likeness (QED) is 0.577. The zero-order chi connectivity index (χ0) is 22.4. The van der Waals surface area contributed by atoms with E-state index in [0.29, 0.717) is 50.1 Å². The number of unbranched alkanes of at least 4 members (excludes halogenated alkanes) is 1. The van der Waals surface area contributed by atoms with Crippen LogP contribution in [0.25, 0.3) is 0 Å². The molecule has 0 spiro atoms. The van der Waals surface area contributed by atoms with Gasteiger partial charge in [0.25, 0.3) is 0 Å². The van der Waals surface area contributed by atoms with Crippen LogP contribution in [0.2, 0.25) is 0 Å². The van der Waals surface area contributed by atoms with Gasteiger partial charge in [0.05, 0.1) is 13.2 Å². The summed E-state index contributed by atoms with van der Waals surface area (Å²) in [6.45, 7) is 8.48. The first-order valence-corrected chi connectivity index (χ1v) is 11.6. The van der Waals surface area contributed by atoms with Crippen molar-refractivity contribution < 1.29 is 14.3 Å². The van der Waals surface area contributed by atoms with Crippen molar-refractivity contribution in [1.82, 2.24) is 14.9 Å². The van der Waals surface area contributed by atoms with Crippen molar-refractivity contribution in [3.63, 3.8) is 0 Å². The molecular formula is C22H36N6O3. The highest BCUT2D eigenvalue weighted by Gasteiger charge is 2.39. The molecule has 9 heteroatoms. The zero-order valence-electron chi connectivity index (χ0n) is 19.0. The molecule has 3 rings (SSSR count). The molecule has 2 amide bonds. The van der Waals surface area contributed by atoms with Crippen molar-refractivity contribution in [2.45, 2.75) is 71.8 Å². The van der Waals surface area contributed by atoms with Gasteiger partial charge in [0.15, 0.2) is 11.6 Å². The average molecular weight is 433 g/mol. The molecular weight excluding hydrogens is 396 g/mol. The second-order valence-electron chi connectivity index (χ2n) is 8.45. The van der Waals surface area contributed by atoms with Gasteiger partial charge < -0.3 is 25.6 Å². The first-order valence-electron chi connectivity index (χ1n) is 11.6. The van der Waals surface area contributed by atoms with Crippen LogP contribution in [0.15, 0.2) is 0 Å². The highest BCUT2D eigenvalue weighted by Crippen LogP contribution is 2.36. The van der Waals surface area contributed by atoms with E-state index >= 15 is 0 Å². The molecule has 1 aromatic rings. The lowest BCUT2D eigenvalue weighted by Crippen LogP contribution is -2.53.